The van der Waals surface area contributed by atoms with Crippen molar-refractivity contribution in [2.75, 3.05) is 0 Å². The molecule has 1 heteroatoms. The van der Waals surface area contributed by atoms with Crippen molar-refractivity contribution in [3.05, 3.63) is 0 Å². The van der Waals surface area contributed by atoms with Crippen LogP contribution in [0.5, 0.6) is 0 Å². The molecule has 0 amide bonds. The van der Waals surface area contributed by atoms with Crippen LogP contribution in [0.15, 0.2) is 0 Å². The quantitative estimate of drug-likeness (QED) is 0.633. The Balaban J connectivity index is 1.77. The normalized spacial score (nSPS) is 62.5. The lowest BCUT2D eigenvalue weighted by atomic mass is 10.0. The first-order valence-corrected chi connectivity index (χ1v) is 5.47. The van der Waals surface area contributed by atoms with E-state index >= 15 is 0 Å². The van der Waals surface area contributed by atoms with Crippen LogP contribution in [-0.4, -0.2) is 10.7 Å². The van der Waals surface area contributed by atoms with E-state index in [1.54, 1.807) is 0 Å². The summed E-state index contributed by atoms with van der Waals surface area (Å²) < 4.78 is 0. The van der Waals surface area contributed by atoms with Gasteiger partial charge >= 0.3 is 0 Å². The third kappa shape index (κ3) is 0.736. The Hall–Kier alpha value is -0.0400. The topological polar surface area (TPSA) is 20.2 Å². The summed E-state index contributed by atoms with van der Waals surface area (Å²) in [6.07, 6.45) is 6.65. The molecule has 0 aromatic carbocycles. The average Bonchev–Trinajstić information content (AvgIpc) is 2.94. The van der Waals surface area contributed by atoms with Crippen molar-refractivity contribution in [2.45, 2.75) is 44.6 Å². The number of hydrogen-bond donors (Lipinski definition) is 1. The Morgan fingerprint density at radius 2 is 1.58 bits per heavy atom. The van der Waals surface area contributed by atoms with Gasteiger partial charge in [0, 0.05) is 0 Å². The summed E-state index contributed by atoms with van der Waals surface area (Å²) in [5.41, 5.74) is -0.171. The van der Waals surface area contributed by atoms with Crippen molar-refractivity contribution >= 4 is 0 Å². The standard InChI is InChI=1S/C11H18O/c1-7-6-10(7)11(12)8-4-2-3-5-9(8)11/h7-10,12H,2-6H2,1H3. The molecule has 3 rings (SSSR count). The highest BCUT2D eigenvalue weighted by molar-refractivity contribution is 5.20. The lowest BCUT2D eigenvalue weighted by molar-refractivity contribution is 0.0893. The van der Waals surface area contributed by atoms with E-state index in [1.807, 2.05) is 0 Å². The lowest BCUT2D eigenvalue weighted by Crippen LogP contribution is -2.16. The predicted octanol–water partition coefficient (Wildman–Crippen LogP) is 2.19. The van der Waals surface area contributed by atoms with Gasteiger partial charge in [0.25, 0.3) is 0 Å². The molecule has 1 N–H and O–H groups in total. The molecule has 0 aromatic heterocycles. The van der Waals surface area contributed by atoms with E-state index in [0.29, 0.717) is 17.8 Å². The van der Waals surface area contributed by atoms with Crippen molar-refractivity contribution in [1.29, 1.82) is 0 Å². The minimum Gasteiger partial charge on any atom is -0.389 e. The molecule has 0 saturated heterocycles. The van der Waals surface area contributed by atoms with Crippen LogP contribution < -0.4 is 0 Å². The van der Waals surface area contributed by atoms with Crippen LogP contribution in [0.2, 0.25) is 0 Å². The van der Waals surface area contributed by atoms with Gasteiger partial charge < -0.3 is 5.11 Å². The van der Waals surface area contributed by atoms with E-state index in [0.717, 1.165) is 5.92 Å². The highest BCUT2D eigenvalue weighted by atomic mass is 16.3. The predicted molar refractivity (Wildman–Crippen MR) is 47.7 cm³/mol. The summed E-state index contributed by atoms with van der Waals surface area (Å²) in [4.78, 5) is 0. The first-order valence-electron chi connectivity index (χ1n) is 5.47. The van der Waals surface area contributed by atoms with Crippen LogP contribution in [0.3, 0.4) is 0 Å². The average molecular weight is 166 g/mol. The first-order chi connectivity index (χ1) is 5.74. The molecule has 0 aliphatic heterocycles. The van der Waals surface area contributed by atoms with Crippen molar-refractivity contribution in [3.63, 3.8) is 0 Å². The second-order valence-electron chi connectivity index (χ2n) is 5.20. The molecule has 4 unspecified atom stereocenters. The molecule has 0 aromatic rings. The zero-order valence-electron chi connectivity index (χ0n) is 7.79. The molecule has 68 valence electrons. The minimum absolute atomic E-state index is 0.171. The number of fused-ring (bicyclic) bond motifs is 1. The van der Waals surface area contributed by atoms with E-state index in [2.05, 4.69) is 6.92 Å². The van der Waals surface area contributed by atoms with Crippen molar-refractivity contribution in [2.24, 2.45) is 23.7 Å². The number of aliphatic hydroxyl groups is 1. The van der Waals surface area contributed by atoms with Crippen molar-refractivity contribution in [3.8, 4) is 0 Å². The van der Waals surface area contributed by atoms with Crippen LogP contribution >= 0.6 is 0 Å². The molecule has 1 nitrogen and oxygen atoms in total. The minimum atomic E-state index is -0.171. The van der Waals surface area contributed by atoms with E-state index in [9.17, 15) is 5.11 Å². The summed E-state index contributed by atoms with van der Waals surface area (Å²) in [6, 6.07) is 0. The van der Waals surface area contributed by atoms with Crippen LogP contribution in [0.25, 0.3) is 0 Å². The summed E-state index contributed by atoms with van der Waals surface area (Å²) in [7, 11) is 0. The summed E-state index contributed by atoms with van der Waals surface area (Å²) in [6.45, 7) is 2.28. The molecule has 0 spiro atoms. The smallest absolute Gasteiger partial charge is 0.0741 e. The molecule has 0 radical (unpaired) electrons. The third-order valence-corrected chi connectivity index (χ3v) is 4.55. The zero-order chi connectivity index (χ0) is 8.34. The molecule has 0 bridgehead atoms. The Morgan fingerprint density at radius 1 is 1.08 bits per heavy atom. The van der Waals surface area contributed by atoms with Gasteiger partial charge in [0.15, 0.2) is 0 Å². The summed E-state index contributed by atoms with van der Waals surface area (Å²) >= 11 is 0. The summed E-state index contributed by atoms with van der Waals surface area (Å²) in [5.74, 6) is 2.92. The highest BCUT2D eigenvalue weighted by Gasteiger charge is 2.71. The molecular formula is C11H18O. The van der Waals surface area contributed by atoms with E-state index in [-0.39, 0.29) is 5.60 Å². The monoisotopic (exact) mass is 166 g/mol. The molecule has 3 aliphatic carbocycles. The van der Waals surface area contributed by atoms with Gasteiger partial charge in [-0.05, 0) is 42.9 Å². The first kappa shape index (κ1) is 7.37. The fraction of sp³-hybridized carbons (Fsp3) is 1.00. The van der Waals surface area contributed by atoms with Crippen molar-refractivity contribution in [1.82, 2.24) is 0 Å². The molecule has 0 heterocycles. The maximum absolute atomic E-state index is 10.4. The lowest BCUT2D eigenvalue weighted by Gasteiger charge is -2.08. The van der Waals surface area contributed by atoms with Gasteiger partial charge in [-0.25, -0.2) is 0 Å². The third-order valence-electron chi connectivity index (χ3n) is 4.55. The van der Waals surface area contributed by atoms with Crippen LogP contribution in [-0.2, 0) is 0 Å². The fourth-order valence-electron chi connectivity index (χ4n) is 3.66. The van der Waals surface area contributed by atoms with Gasteiger partial charge in [0.05, 0.1) is 5.60 Å². The highest BCUT2D eigenvalue weighted by Crippen LogP contribution is 2.68. The van der Waals surface area contributed by atoms with Gasteiger partial charge in [-0.2, -0.15) is 0 Å². The van der Waals surface area contributed by atoms with Gasteiger partial charge in [-0.15, -0.1) is 0 Å². The molecule has 3 saturated carbocycles. The Bertz CT molecular complexity index is 199. The van der Waals surface area contributed by atoms with E-state index < -0.39 is 0 Å². The Morgan fingerprint density at radius 3 is 2.00 bits per heavy atom. The molecule has 12 heavy (non-hydrogen) atoms. The van der Waals surface area contributed by atoms with Crippen LogP contribution in [0.1, 0.15) is 39.0 Å². The van der Waals surface area contributed by atoms with E-state index in [4.69, 9.17) is 0 Å². The van der Waals surface area contributed by atoms with Crippen LogP contribution in [0.4, 0.5) is 0 Å². The Labute approximate surface area is 74.2 Å². The SMILES string of the molecule is CC1CC1C1(O)C2CCCCC21. The fourth-order valence-corrected chi connectivity index (χ4v) is 3.66. The maximum atomic E-state index is 10.4. The zero-order valence-corrected chi connectivity index (χ0v) is 7.79. The largest absolute Gasteiger partial charge is 0.389 e. The molecule has 3 fully saturated rings. The van der Waals surface area contributed by atoms with Crippen LogP contribution in [0, 0.1) is 23.7 Å². The maximum Gasteiger partial charge on any atom is 0.0741 e. The molecule has 4 atom stereocenters. The number of rotatable bonds is 1. The molecular weight excluding hydrogens is 148 g/mol. The van der Waals surface area contributed by atoms with Gasteiger partial charge in [-0.3, -0.25) is 0 Å². The summed E-state index contributed by atoms with van der Waals surface area (Å²) in [5, 5.41) is 10.4. The second-order valence-corrected chi connectivity index (χ2v) is 5.20. The van der Waals surface area contributed by atoms with Gasteiger partial charge in [0.1, 0.15) is 0 Å². The number of hydrogen-bond acceptors (Lipinski definition) is 1. The Kier molecular flexibility index (Phi) is 1.27. The van der Waals surface area contributed by atoms with Gasteiger partial charge in [0.2, 0.25) is 0 Å². The van der Waals surface area contributed by atoms with Crippen molar-refractivity contribution < 1.29 is 5.11 Å². The van der Waals surface area contributed by atoms with Gasteiger partial charge in [-0.1, -0.05) is 19.8 Å². The molecule has 3 aliphatic rings. The second kappa shape index (κ2) is 2.06. The van der Waals surface area contributed by atoms with E-state index in [1.165, 1.54) is 32.1 Å².